The summed E-state index contributed by atoms with van der Waals surface area (Å²) in [6, 6.07) is 3.10. The molecule has 112 valence electrons. The summed E-state index contributed by atoms with van der Waals surface area (Å²) in [5.74, 6) is 0.751. The van der Waals surface area contributed by atoms with Crippen LogP contribution in [0.25, 0.3) is 0 Å². The van der Waals surface area contributed by atoms with E-state index >= 15 is 0 Å². The SMILES string of the molecule is C=CCCCCCOc1c(C)cc(S(N)(=O)=O)cc1C. The number of nitrogens with two attached hydrogens (primary N) is 1. The number of benzene rings is 1. The second-order valence-corrected chi connectivity index (χ2v) is 6.48. The lowest BCUT2D eigenvalue weighted by Crippen LogP contribution is -2.13. The smallest absolute Gasteiger partial charge is 0.238 e. The molecule has 0 saturated heterocycles. The summed E-state index contributed by atoms with van der Waals surface area (Å²) in [7, 11) is -3.66. The van der Waals surface area contributed by atoms with Gasteiger partial charge in [0.15, 0.2) is 0 Å². The molecule has 5 heteroatoms. The summed E-state index contributed by atoms with van der Waals surface area (Å²) in [6.07, 6.45) is 6.14. The molecule has 0 fully saturated rings. The summed E-state index contributed by atoms with van der Waals surface area (Å²) >= 11 is 0. The number of sulfonamides is 1. The Hall–Kier alpha value is -1.33. The highest BCUT2D eigenvalue weighted by atomic mass is 32.2. The lowest BCUT2D eigenvalue weighted by atomic mass is 10.1. The normalized spacial score (nSPS) is 11.3. The van der Waals surface area contributed by atoms with E-state index in [1.165, 1.54) is 0 Å². The third-order valence-electron chi connectivity index (χ3n) is 3.06. The van der Waals surface area contributed by atoms with Gasteiger partial charge in [-0.1, -0.05) is 6.08 Å². The first-order chi connectivity index (χ1) is 9.36. The lowest BCUT2D eigenvalue weighted by Gasteiger charge is -2.13. The van der Waals surface area contributed by atoms with Gasteiger partial charge in [-0.2, -0.15) is 0 Å². The molecule has 1 aromatic carbocycles. The van der Waals surface area contributed by atoms with E-state index < -0.39 is 10.0 Å². The van der Waals surface area contributed by atoms with Crippen molar-refractivity contribution >= 4 is 10.0 Å². The Kier molecular flexibility index (Phi) is 6.23. The first-order valence-electron chi connectivity index (χ1n) is 6.74. The van der Waals surface area contributed by atoms with Crippen LogP contribution in [-0.2, 0) is 10.0 Å². The Balaban J connectivity index is 2.65. The number of primary sulfonamides is 1. The highest BCUT2D eigenvalue weighted by Gasteiger charge is 2.13. The van der Waals surface area contributed by atoms with E-state index in [0.29, 0.717) is 6.61 Å². The summed E-state index contributed by atoms with van der Waals surface area (Å²) in [6.45, 7) is 7.98. The molecule has 0 bridgehead atoms. The van der Waals surface area contributed by atoms with Crippen LogP contribution in [0.4, 0.5) is 0 Å². The quantitative estimate of drug-likeness (QED) is 0.592. The molecule has 20 heavy (non-hydrogen) atoms. The van der Waals surface area contributed by atoms with E-state index in [2.05, 4.69) is 6.58 Å². The third-order valence-corrected chi connectivity index (χ3v) is 3.95. The van der Waals surface area contributed by atoms with E-state index in [1.54, 1.807) is 12.1 Å². The van der Waals surface area contributed by atoms with Gasteiger partial charge in [0, 0.05) is 0 Å². The van der Waals surface area contributed by atoms with Crippen LogP contribution in [0.5, 0.6) is 5.75 Å². The monoisotopic (exact) mass is 297 g/mol. The molecule has 0 atom stereocenters. The van der Waals surface area contributed by atoms with Gasteiger partial charge >= 0.3 is 0 Å². The largest absolute Gasteiger partial charge is 0.493 e. The van der Waals surface area contributed by atoms with Crippen molar-refractivity contribution in [3.8, 4) is 5.75 Å². The maximum Gasteiger partial charge on any atom is 0.238 e. The van der Waals surface area contributed by atoms with E-state index in [4.69, 9.17) is 9.88 Å². The molecule has 1 aromatic rings. The Morgan fingerprint density at radius 3 is 2.30 bits per heavy atom. The van der Waals surface area contributed by atoms with Gasteiger partial charge in [0.2, 0.25) is 10.0 Å². The number of hydrogen-bond acceptors (Lipinski definition) is 3. The topological polar surface area (TPSA) is 69.4 Å². The predicted octanol–water partition coefficient (Wildman–Crippen LogP) is 3.08. The van der Waals surface area contributed by atoms with Gasteiger partial charge in [0.25, 0.3) is 0 Å². The minimum atomic E-state index is -3.66. The second-order valence-electron chi connectivity index (χ2n) is 4.92. The Morgan fingerprint density at radius 1 is 1.20 bits per heavy atom. The molecule has 0 aliphatic carbocycles. The average Bonchev–Trinajstić information content (AvgIpc) is 2.34. The van der Waals surface area contributed by atoms with Crippen LogP contribution in [-0.4, -0.2) is 15.0 Å². The van der Waals surface area contributed by atoms with Crippen molar-refractivity contribution in [1.82, 2.24) is 0 Å². The maximum absolute atomic E-state index is 11.3. The van der Waals surface area contributed by atoms with Gasteiger partial charge in [-0.25, -0.2) is 13.6 Å². The number of ether oxygens (including phenoxy) is 1. The summed E-state index contributed by atoms with van der Waals surface area (Å²) in [4.78, 5) is 0.130. The molecular weight excluding hydrogens is 274 g/mol. The van der Waals surface area contributed by atoms with Crippen LogP contribution in [0.15, 0.2) is 29.7 Å². The lowest BCUT2D eigenvalue weighted by molar-refractivity contribution is 0.301. The number of hydrogen-bond donors (Lipinski definition) is 1. The second kappa shape index (κ2) is 7.45. The fraction of sp³-hybridized carbons (Fsp3) is 0.467. The minimum Gasteiger partial charge on any atom is -0.493 e. The van der Waals surface area contributed by atoms with Crippen molar-refractivity contribution in [3.63, 3.8) is 0 Å². The standard InChI is InChI=1S/C15H23NO3S/c1-4-5-6-7-8-9-19-15-12(2)10-14(11-13(15)3)20(16,17)18/h4,10-11H,1,5-9H2,2-3H3,(H2,16,17,18). The molecule has 0 unspecified atom stereocenters. The first-order valence-corrected chi connectivity index (χ1v) is 8.28. The van der Waals surface area contributed by atoms with E-state index in [9.17, 15) is 8.42 Å². The zero-order chi connectivity index (χ0) is 15.2. The number of unbranched alkanes of at least 4 members (excludes halogenated alkanes) is 3. The van der Waals surface area contributed by atoms with Crippen LogP contribution >= 0.6 is 0 Å². The molecular formula is C15H23NO3S. The van der Waals surface area contributed by atoms with Gasteiger partial charge < -0.3 is 4.74 Å². The van der Waals surface area contributed by atoms with Gasteiger partial charge in [-0.15, -0.1) is 6.58 Å². The molecule has 1 rings (SSSR count). The highest BCUT2D eigenvalue weighted by Crippen LogP contribution is 2.26. The molecule has 0 amide bonds. The number of rotatable bonds is 8. The summed E-state index contributed by atoms with van der Waals surface area (Å²) in [5.41, 5.74) is 1.58. The van der Waals surface area contributed by atoms with E-state index in [-0.39, 0.29) is 4.90 Å². The van der Waals surface area contributed by atoms with Crippen LogP contribution in [0, 0.1) is 13.8 Å². The zero-order valence-electron chi connectivity index (χ0n) is 12.2. The fourth-order valence-corrected chi connectivity index (χ4v) is 2.73. The number of allylic oxidation sites excluding steroid dienone is 1. The van der Waals surface area contributed by atoms with Crippen molar-refractivity contribution in [3.05, 3.63) is 35.9 Å². The molecule has 0 heterocycles. The predicted molar refractivity (Wildman–Crippen MR) is 81.4 cm³/mol. The molecule has 0 spiro atoms. The molecule has 0 radical (unpaired) electrons. The molecule has 4 nitrogen and oxygen atoms in total. The van der Waals surface area contributed by atoms with Crippen molar-refractivity contribution in [2.75, 3.05) is 6.61 Å². The first kappa shape index (κ1) is 16.7. The van der Waals surface area contributed by atoms with Crippen LogP contribution in [0.3, 0.4) is 0 Å². The summed E-state index contributed by atoms with van der Waals surface area (Å²) in [5, 5.41) is 5.14. The van der Waals surface area contributed by atoms with Gasteiger partial charge in [-0.05, 0) is 62.8 Å². The molecule has 0 aliphatic rings. The fourth-order valence-electron chi connectivity index (χ4n) is 2.04. The molecule has 2 N–H and O–H groups in total. The van der Waals surface area contributed by atoms with Crippen LogP contribution in [0.2, 0.25) is 0 Å². The summed E-state index contributed by atoms with van der Waals surface area (Å²) < 4.78 is 28.4. The van der Waals surface area contributed by atoms with Crippen molar-refractivity contribution in [2.24, 2.45) is 5.14 Å². The van der Waals surface area contributed by atoms with Gasteiger partial charge in [-0.3, -0.25) is 0 Å². The Morgan fingerprint density at radius 2 is 1.80 bits per heavy atom. The minimum absolute atomic E-state index is 0.130. The highest BCUT2D eigenvalue weighted by molar-refractivity contribution is 7.89. The third kappa shape index (κ3) is 4.98. The van der Waals surface area contributed by atoms with Gasteiger partial charge in [0.1, 0.15) is 5.75 Å². The Bertz CT molecular complexity index is 541. The zero-order valence-corrected chi connectivity index (χ0v) is 13.0. The average molecular weight is 297 g/mol. The van der Waals surface area contributed by atoms with E-state index in [1.807, 2.05) is 19.9 Å². The van der Waals surface area contributed by atoms with Crippen molar-refractivity contribution in [2.45, 2.75) is 44.4 Å². The van der Waals surface area contributed by atoms with Gasteiger partial charge in [0.05, 0.1) is 11.5 Å². The van der Waals surface area contributed by atoms with Crippen molar-refractivity contribution in [1.29, 1.82) is 0 Å². The Labute approximate surface area is 121 Å². The van der Waals surface area contributed by atoms with E-state index in [0.717, 1.165) is 42.6 Å². The molecule has 0 saturated carbocycles. The molecule has 0 aromatic heterocycles. The number of aryl methyl sites for hydroxylation is 2. The molecule has 0 aliphatic heterocycles. The van der Waals surface area contributed by atoms with Crippen LogP contribution in [0.1, 0.15) is 36.8 Å². The van der Waals surface area contributed by atoms with Crippen LogP contribution < -0.4 is 9.88 Å². The maximum atomic E-state index is 11.3. The van der Waals surface area contributed by atoms with Crippen molar-refractivity contribution < 1.29 is 13.2 Å².